The molecular formula is C23H24ClN3O4. The number of amides is 1. The SMILES string of the molecule is CNC(=O)OCC(C)(C)C(=O)C(Oc1ccc(-c2ccc(Cl)cc2)cc1)n1ccnc1. The number of nitrogens with one attached hydrogen (secondary N) is 1. The van der Waals surface area contributed by atoms with E-state index in [1.165, 1.54) is 13.4 Å². The Labute approximate surface area is 186 Å². The number of hydrogen-bond donors (Lipinski definition) is 1. The third kappa shape index (κ3) is 5.64. The summed E-state index contributed by atoms with van der Waals surface area (Å²) in [6.07, 6.45) is 3.17. The summed E-state index contributed by atoms with van der Waals surface area (Å²) in [6, 6.07) is 15.0. The Morgan fingerprint density at radius 2 is 1.71 bits per heavy atom. The van der Waals surface area contributed by atoms with E-state index >= 15 is 0 Å². The number of ether oxygens (including phenoxy) is 2. The van der Waals surface area contributed by atoms with E-state index in [4.69, 9.17) is 21.1 Å². The van der Waals surface area contributed by atoms with E-state index in [0.29, 0.717) is 10.8 Å². The zero-order valence-corrected chi connectivity index (χ0v) is 18.3. The van der Waals surface area contributed by atoms with Crippen LogP contribution in [0.4, 0.5) is 4.79 Å². The molecule has 0 saturated carbocycles. The molecule has 0 radical (unpaired) electrons. The van der Waals surface area contributed by atoms with Crippen LogP contribution in [0.1, 0.15) is 20.1 Å². The van der Waals surface area contributed by atoms with Gasteiger partial charge in [-0.3, -0.25) is 9.36 Å². The summed E-state index contributed by atoms with van der Waals surface area (Å²) in [5, 5.41) is 3.04. The summed E-state index contributed by atoms with van der Waals surface area (Å²) in [5.74, 6) is 0.268. The van der Waals surface area contributed by atoms with Gasteiger partial charge in [-0.25, -0.2) is 9.78 Å². The third-order valence-electron chi connectivity index (χ3n) is 4.73. The first-order valence-corrected chi connectivity index (χ1v) is 10.1. The van der Waals surface area contributed by atoms with Crippen molar-refractivity contribution in [1.82, 2.24) is 14.9 Å². The van der Waals surface area contributed by atoms with Gasteiger partial charge < -0.3 is 14.8 Å². The monoisotopic (exact) mass is 441 g/mol. The smallest absolute Gasteiger partial charge is 0.406 e. The number of nitrogens with zero attached hydrogens (tertiary/aromatic N) is 2. The average Bonchev–Trinajstić information content (AvgIpc) is 3.31. The van der Waals surface area contributed by atoms with E-state index in [1.54, 1.807) is 42.9 Å². The molecule has 162 valence electrons. The highest BCUT2D eigenvalue weighted by molar-refractivity contribution is 6.30. The molecule has 1 N–H and O–H groups in total. The molecule has 31 heavy (non-hydrogen) atoms. The van der Waals surface area contributed by atoms with Gasteiger partial charge in [0.2, 0.25) is 12.0 Å². The Kier molecular flexibility index (Phi) is 6.97. The van der Waals surface area contributed by atoms with Crippen LogP contribution in [0.15, 0.2) is 67.3 Å². The van der Waals surface area contributed by atoms with Crippen LogP contribution in [0, 0.1) is 5.41 Å². The van der Waals surface area contributed by atoms with Crippen molar-refractivity contribution in [3.8, 4) is 16.9 Å². The summed E-state index contributed by atoms with van der Waals surface area (Å²) in [7, 11) is 1.46. The van der Waals surface area contributed by atoms with Crippen LogP contribution in [0.3, 0.4) is 0 Å². The number of alkyl carbamates (subject to hydrolysis) is 1. The zero-order valence-electron chi connectivity index (χ0n) is 17.5. The number of imidazole rings is 1. The predicted molar refractivity (Wildman–Crippen MR) is 118 cm³/mol. The van der Waals surface area contributed by atoms with E-state index < -0.39 is 17.7 Å². The van der Waals surface area contributed by atoms with Crippen molar-refractivity contribution in [1.29, 1.82) is 0 Å². The van der Waals surface area contributed by atoms with Crippen molar-refractivity contribution in [3.05, 3.63) is 72.3 Å². The average molecular weight is 442 g/mol. The molecule has 3 rings (SSSR count). The number of aromatic nitrogens is 2. The van der Waals surface area contributed by atoms with Gasteiger partial charge in [0, 0.05) is 24.5 Å². The van der Waals surface area contributed by atoms with Crippen molar-refractivity contribution < 1.29 is 19.1 Å². The van der Waals surface area contributed by atoms with Gasteiger partial charge in [-0.05, 0) is 49.2 Å². The minimum atomic E-state index is -0.981. The lowest BCUT2D eigenvalue weighted by molar-refractivity contribution is -0.140. The highest BCUT2D eigenvalue weighted by Crippen LogP contribution is 2.29. The molecule has 0 spiro atoms. The molecule has 0 aliphatic carbocycles. The van der Waals surface area contributed by atoms with Crippen molar-refractivity contribution in [2.45, 2.75) is 20.1 Å². The van der Waals surface area contributed by atoms with Crippen molar-refractivity contribution in [3.63, 3.8) is 0 Å². The normalized spacial score (nSPS) is 12.1. The fraction of sp³-hybridized carbons (Fsp3) is 0.261. The van der Waals surface area contributed by atoms with Crippen molar-refractivity contribution >= 4 is 23.5 Å². The van der Waals surface area contributed by atoms with Crippen LogP contribution < -0.4 is 10.1 Å². The summed E-state index contributed by atoms with van der Waals surface area (Å²) >= 11 is 5.95. The Morgan fingerprint density at radius 1 is 1.10 bits per heavy atom. The van der Waals surface area contributed by atoms with E-state index in [9.17, 15) is 9.59 Å². The lowest BCUT2D eigenvalue weighted by atomic mass is 9.88. The molecule has 1 aromatic heterocycles. The van der Waals surface area contributed by atoms with Crippen LogP contribution >= 0.6 is 11.6 Å². The summed E-state index contributed by atoms with van der Waals surface area (Å²) in [6.45, 7) is 3.32. The van der Waals surface area contributed by atoms with Gasteiger partial charge in [-0.1, -0.05) is 35.9 Å². The van der Waals surface area contributed by atoms with E-state index in [-0.39, 0.29) is 12.4 Å². The molecule has 0 aliphatic heterocycles. The zero-order chi connectivity index (χ0) is 22.4. The quantitative estimate of drug-likeness (QED) is 0.546. The van der Waals surface area contributed by atoms with Gasteiger partial charge in [-0.2, -0.15) is 0 Å². The maximum absolute atomic E-state index is 13.3. The van der Waals surface area contributed by atoms with Crippen LogP contribution in [-0.2, 0) is 9.53 Å². The first-order valence-electron chi connectivity index (χ1n) is 9.69. The van der Waals surface area contributed by atoms with Crippen molar-refractivity contribution in [2.75, 3.05) is 13.7 Å². The first-order chi connectivity index (χ1) is 14.8. The molecule has 1 amide bonds. The van der Waals surface area contributed by atoms with Crippen LogP contribution in [0.25, 0.3) is 11.1 Å². The molecule has 3 aromatic rings. The second kappa shape index (κ2) is 9.66. The highest BCUT2D eigenvalue weighted by atomic mass is 35.5. The number of halogens is 1. The first kappa shape index (κ1) is 22.4. The van der Waals surface area contributed by atoms with Crippen LogP contribution in [0.5, 0.6) is 5.75 Å². The topological polar surface area (TPSA) is 82.5 Å². The lowest BCUT2D eigenvalue weighted by Crippen LogP contribution is -2.39. The Hall–Kier alpha value is -3.32. The van der Waals surface area contributed by atoms with Crippen molar-refractivity contribution in [2.24, 2.45) is 5.41 Å². The minimum Gasteiger partial charge on any atom is -0.463 e. The lowest BCUT2D eigenvalue weighted by Gasteiger charge is -2.28. The maximum atomic E-state index is 13.3. The third-order valence-corrected chi connectivity index (χ3v) is 4.99. The second-order valence-corrected chi connectivity index (χ2v) is 8.02. The Bertz CT molecular complexity index is 1020. The van der Waals surface area contributed by atoms with Gasteiger partial charge in [0.25, 0.3) is 0 Å². The Balaban J connectivity index is 1.79. The Morgan fingerprint density at radius 3 is 2.26 bits per heavy atom. The van der Waals surface area contributed by atoms with E-state index in [1.807, 2.05) is 36.4 Å². The minimum absolute atomic E-state index is 0.0877. The summed E-state index contributed by atoms with van der Waals surface area (Å²) in [4.78, 5) is 28.8. The van der Waals surface area contributed by atoms with Gasteiger partial charge in [-0.15, -0.1) is 0 Å². The van der Waals surface area contributed by atoms with Gasteiger partial charge in [0.1, 0.15) is 12.4 Å². The molecular weight excluding hydrogens is 418 g/mol. The van der Waals surface area contributed by atoms with E-state index in [2.05, 4.69) is 10.3 Å². The predicted octanol–water partition coefficient (Wildman–Crippen LogP) is 4.73. The summed E-state index contributed by atoms with van der Waals surface area (Å²) < 4.78 is 12.7. The number of Topliss-reactive ketones (excluding diaryl/α,β-unsaturated/α-hetero) is 1. The number of ketones is 1. The van der Waals surface area contributed by atoms with Gasteiger partial charge in [0.15, 0.2) is 0 Å². The number of carbonyl (C=O) groups excluding carboxylic acids is 2. The molecule has 7 nitrogen and oxygen atoms in total. The molecule has 0 bridgehead atoms. The number of hydrogen-bond acceptors (Lipinski definition) is 5. The fourth-order valence-electron chi connectivity index (χ4n) is 2.88. The standard InChI is InChI=1S/C23H24ClN3O4/c1-23(2,14-30-22(29)25-3)20(28)21(27-13-12-26-15-27)31-19-10-6-17(7-11-19)16-4-8-18(24)9-5-16/h4-13,15,21H,14H2,1-3H3,(H,25,29). The molecule has 0 saturated heterocycles. The highest BCUT2D eigenvalue weighted by Gasteiger charge is 2.37. The number of carbonyl (C=O) groups is 2. The molecule has 1 unspecified atom stereocenters. The van der Waals surface area contributed by atoms with Crippen LogP contribution in [0.2, 0.25) is 5.02 Å². The number of benzene rings is 2. The number of rotatable bonds is 8. The molecule has 0 aliphatic rings. The fourth-order valence-corrected chi connectivity index (χ4v) is 3.00. The second-order valence-electron chi connectivity index (χ2n) is 7.59. The van der Waals surface area contributed by atoms with Gasteiger partial charge >= 0.3 is 6.09 Å². The molecule has 2 aromatic carbocycles. The van der Waals surface area contributed by atoms with Crippen LogP contribution in [-0.4, -0.2) is 35.1 Å². The van der Waals surface area contributed by atoms with Gasteiger partial charge in [0.05, 0.1) is 11.7 Å². The summed E-state index contributed by atoms with van der Waals surface area (Å²) in [5.41, 5.74) is 1.03. The maximum Gasteiger partial charge on any atom is 0.406 e. The van der Waals surface area contributed by atoms with E-state index in [0.717, 1.165) is 11.1 Å². The molecule has 1 heterocycles. The molecule has 8 heteroatoms. The largest absolute Gasteiger partial charge is 0.463 e. The molecule has 0 fully saturated rings. The molecule has 1 atom stereocenters.